The number of hydrogen-bond acceptors (Lipinski definition) is 11. The summed E-state index contributed by atoms with van der Waals surface area (Å²) in [6.07, 6.45) is 0.251. The van der Waals surface area contributed by atoms with Crippen LogP contribution in [0.2, 0.25) is 0 Å². The van der Waals surface area contributed by atoms with Crippen molar-refractivity contribution in [3.8, 4) is 0 Å². The third-order valence-electron chi connectivity index (χ3n) is 3.82. The van der Waals surface area contributed by atoms with Crippen molar-refractivity contribution in [1.29, 1.82) is 0 Å². The van der Waals surface area contributed by atoms with Gasteiger partial charge >= 0.3 is 10.4 Å². The van der Waals surface area contributed by atoms with Gasteiger partial charge in [-0.1, -0.05) is 29.8 Å². The molecule has 1 rings (SSSR count). The number of hydrogen-bond donors (Lipinski definition) is 5. The standard InChI is InChI=1S/C14H27NO9S3/c1-25-7-5-3-2-4-6-10(15-24-27(20,21)22)26-14-13(19)12(18)11(17)9(8-16)23-14/h9,11-14,16-19H,2-8H2,1H3,(H,20,21,22)/b15-10-/t9-,11-,12+,13+,14+/m0/s1. The lowest BCUT2D eigenvalue weighted by Gasteiger charge is -2.39. The van der Waals surface area contributed by atoms with Crippen LogP contribution in [0.5, 0.6) is 0 Å². The summed E-state index contributed by atoms with van der Waals surface area (Å²) >= 11 is 2.55. The molecule has 1 aliphatic rings. The molecule has 0 saturated carbocycles. The molecule has 13 heteroatoms. The van der Waals surface area contributed by atoms with Crippen LogP contribution in [0.3, 0.4) is 0 Å². The van der Waals surface area contributed by atoms with Crippen LogP contribution in [-0.4, -0.2) is 86.9 Å². The molecule has 1 fully saturated rings. The Balaban J connectivity index is 2.71. The summed E-state index contributed by atoms with van der Waals surface area (Å²) in [5.74, 6) is 1.05. The Hall–Kier alpha value is -0.120. The molecule has 1 heterocycles. The highest BCUT2D eigenvalue weighted by Gasteiger charge is 2.44. The van der Waals surface area contributed by atoms with Gasteiger partial charge in [0.25, 0.3) is 0 Å². The minimum absolute atomic E-state index is 0.127. The molecule has 0 radical (unpaired) electrons. The van der Waals surface area contributed by atoms with Gasteiger partial charge < -0.3 is 25.2 Å². The van der Waals surface area contributed by atoms with Gasteiger partial charge in [0.1, 0.15) is 34.9 Å². The third-order valence-corrected chi connectivity index (χ3v) is 5.96. The number of nitrogens with zero attached hydrogens (tertiary/aromatic N) is 1. The first-order chi connectivity index (χ1) is 12.7. The maximum absolute atomic E-state index is 10.8. The molecule has 0 aromatic carbocycles. The van der Waals surface area contributed by atoms with Crippen LogP contribution in [0, 0.1) is 0 Å². The molecule has 0 aromatic rings. The predicted octanol–water partition coefficient (Wildman–Crippen LogP) is -0.0341. The number of aliphatic hydroxyl groups is 4. The number of thioether (sulfide) groups is 2. The highest BCUT2D eigenvalue weighted by atomic mass is 32.3. The first-order valence-electron chi connectivity index (χ1n) is 8.38. The molecule has 0 aliphatic carbocycles. The van der Waals surface area contributed by atoms with Gasteiger partial charge in [-0.25, -0.2) is 4.28 Å². The molecule has 5 N–H and O–H groups in total. The van der Waals surface area contributed by atoms with E-state index in [1.165, 1.54) is 0 Å². The van der Waals surface area contributed by atoms with Gasteiger partial charge in [-0.2, -0.15) is 20.2 Å². The fourth-order valence-corrected chi connectivity index (χ4v) is 4.22. The van der Waals surface area contributed by atoms with E-state index in [2.05, 4.69) is 9.44 Å². The lowest BCUT2D eigenvalue weighted by Crippen LogP contribution is -2.57. The number of ether oxygens (including phenoxy) is 1. The maximum Gasteiger partial charge on any atom is 0.466 e. The zero-order valence-corrected chi connectivity index (χ0v) is 17.3. The largest absolute Gasteiger partial charge is 0.466 e. The fourth-order valence-electron chi connectivity index (χ4n) is 2.39. The second-order valence-electron chi connectivity index (χ2n) is 5.96. The van der Waals surface area contributed by atoms with Crippen LogP contribution in [-0.2, 0) is 19.4 Å². The van der Waals surface area contributed by atoms with Crippen LogP contribution >= 0.6 is 23.5 Å². The second kappa shape index (κ2) is 12.4. The molecule has 0 aromatic heterocycles. The van der Waals surface area contributed by atoms with Gasteiger partial charge in [-0.3, -0.25) is 4.55 Å². The van der Waals surface area contributed by atoms with Crippen LogP contribution in [0.25, 0.3) is 0 Å². The number of aliphatic hydroxyl groups excluding tert-OH is 4. The average Bonchev–Trinajstić information content (AvgIpc) is 2.61. The van der Waals surface area contributed by atoms with Crippen molar-refractivity contribution in [3.05, 3.63) is 0 Å². The Kier molecular flexibility index (Phi) is 11.5. The van der Waals surface area contributed by atoms with Gasteiger partial charge in [0.15, 0.2) is 0 Å². The van der Waals surface area contributed by atoms with Gasteiger partial charge in [0, 0.05) is 0 Å². The Morgan fingerprint density at radius 3 is 2.37 bits per heavy atom. The smallest absolute Gasteiger partial charge is 0.394 e. The van der Waals surface area contributed by atoms with Gasteiger partial charge in [-0.15, -0.1) is 0 Å². The van der Waals surface area contributed by atoms with Crippen molar-refractivity contribution in [2.45, 2.75) is 62.0 Å². The number of unbranched alkanes of at least 4 members (excludes halogenated alkanes) is 3. The number of oxime groups is 1. The molecule has 160 valence electrons. The van der Waals surface area contributed by atoms with Crippen LogP contribution in [0.4, 0.5) is 0 Å². The monoisotopic (exact) mass is 449 g/mol. The summed E-state index contributed by atoms with van der Waals surface area (Å²) in [5.41, 5.74) is -1.11. The first kappa shape index (κ1) is 24.9. The Bertz CT molecular complexity index is 558. The number of rotatable bonds is 11. The highest BCUT2D eigenvalue weighted by molar-refractivity contribution is 8.14. The van der Waals surface area contributed by atoms with Crippen molar-refractivity contribution in [3.63, 3.8) is 0 Å². The van der Waals surface area contributed by atoms with E-state index in [9.17, 15) is 28.8 Å². The Morgan fingerprint density at radius 2 is 1.78 bits per heavy atom. The summed E-state index contributed by atoms with van der Waals surface area (Å²) in [5, 5.41) is 42.4. The van der Waals surface area contributed by atoms with E-state index >= 15 is 0 Å². The molecule has 0 amide bonds. The van der Waals surface area contributed by atoms with E-state index in [1.807, 2.05) is 6.26 Å². The van der Waals surface area contributed by atoms with Crippen LogP contribution in [0.1, 0.15) is 32.1 Å². The predicted molar refractivity (Wildman–Crippen MR) is 103 cm³/mol. The average molecular weight is 450 g/mol. The van der Waals surface area contributed by atoms with E-state index in [-0.39, 0.29) is 5.04 Å². The van der Waals surface area contributed by atoms with Crippen LogP contribution < -0.4 is 0 Å². The van der Waals surface area contributed by atoms with E-state index in [4.69, 9.17) is 9.29 Å². The normalized spacial score (nSPS) is 29.7. The molecule has 1 saturated heterocycles. The second-order valence-corrected chi connectivity index (χ2v) is 9.12. The van der Waals surface area contributed by atoms with Crippen molar-refractivity contribution in [2.24, 2.45) is 5.16 Å². The van der Waals surface area contributed by atoms with Gasteiger partial charge in [0.05, 0.1) is 6.61 Å². The lowest BCUT2D eigenvalue weighted by molar-refractivity contribution is -0.205. The summed E-state index contributed by atoms with van der Waals surface area (Å²) in [7, 11) is -4.79. The molecular formula is C14H27NO9S3. The van der Waals surface area contributed by atoms with E-state index in [1.54, 1.807) is 11.8 Å². The quantitative estimate of drug-likeness (QED) is 0.0944. The Labute approximate surface area is 167 Å². The lowest BCUT2D eigenvalue weighted by atomic mass is 10.0. The summed E-state index contributed by atoms with van der Waals surface area (Å²) < 4.78 is 39.6. The topological polar surface area (TPSA) is 166 Å². The minimum Gasteiger partial charge on any atom is -0.394 e. The fraction of sp³-hybridized carbons (Fsp3) is 0.929. The van der Waals surface area contributed by atoms with Gasteiger partial charge in [-0.05, 0) is 31.3 Å². The van der Waals surface area contributed by atoms with Gasteiger partial charge in [0.2, 0.25) is 0 Å². The zero-order chi connectivity index (χ0) is 20.4. The zero-order valence-electron chi connectivity index (χ0n) is 14.9. The Morgan fingerprint density at radius 1 is 1.11 bits per heavy atom. The minimum atomic E-state index is -4.79. The van der Waals surface area contributed by atoms with Crippen molar-refractivity contribution in [2.75, 3.05) is 18.6 Å². The summed E-state index contributed by atoms with van der Waals surface area (Å²) in [6.45, 7) is -0.578. The SMILES string of the molecule is CSCCCCCC/C(=N/OS(=O)(=O)O)S[C@H]1O[C@@H](CO)[C@H](O)[C@@H](O)[C@H]1O. The van der Waals surface area contributed by atoms with E-state index in [0.717, 1.165) is 36.8 Å². The first-order valence-corrected chi connectivity index (χ1v) is 12.0. The van der Waals surface area contributed by atoms with E-state index < -0.39 is 46.9 Å². The molecule has 0 spiro atoms. The molecular weight excluding hydrogens is 422 g/mol. The summed E-state index contributed by atoms with van der Waals surface area (Å²) in [6, 6.07) is 0. The molecule has 0 unspecified atom stereocenters. The highest BCUT2D eigenvalue weighted by Crippen LogP contribution is 2.30. The molecule has 10 nitrogen and oxygen atoms in total. The van der Waals surface area contributed by atoms with E-state index in [0.29, 0.717) is 12.8 Å². The van der Waals surface area contributed by atoms with Crippen molar-refractivity contribution in [1.82, 2.24) is 0 Å². The molecule has 5 atom stereocenters. The summed E-state index contributed by atoms with van der Waals surface area (Å²) in [4.78, 5) is 0. The molecule has 0 bridgehead atoms. The van der Waals surface area contributed by atoms with Crippen LogP contribution in [0.15, 0.2) is 5.16 Å². The molecule has 1 aliphatic heterocycles. The van der Waals surface area contributed by atoms with Crippen molar-refractivity contribution >= 4 is 39.0 Å². The third kappa shape index (κ3) is 9.28. The maximum atomic E-state index is 10.8. The molecule has 27 heavy (non-hydrogen) atoms. The van der Waals surface area contributed by atoms with Crippen molar-refractivity contribution < 1.29 is 42.4 Å².